The van der Waals surface area contributed by atoms with Crippen molar-refractivity contribution in [2.24, 2.45) is 5.92 Å². The third-order valence-corrected chi connectivity index (χ3v) is 8.81. The summed E-state index contributed by atoms with van der Waals surface area (Å²) in [6, 6.07) is 8.43. The van der Waals surface area contributed by atoms with E-state index in [4.69, 9.17) is 9.47 Å². The molecule has 0 spiro atoms. The highest BCUT2D eigenvalue weighted by atomic mass is 32.2. The monoisotopic (exact) mass is 434 g/mol. The molecule has 1 heterocycles. The van der Waals surface area contributed by atoms with Crippen molar-refractivity contribution in [1.82, 2.24) is 0 Å². The Morgan fingerprint density at radius 2 is 1.90 bits per heavy atom. The van der Waals surface area contributed by atoms with Crippen LogP contribution in [0.5, 0.6) is 5.75 Å². The lowest BCUT2D eigenvalue weighted by Crippen LogP contribution is -2.53. The van der Waals surface area contributed by atoms with Gasteiger partial charge in [0.25, 0.3) is 0 Å². The molecule has 1 aliphatic carbocycles. The number of rotatable bonds is 5. The van der Waals surface area contributed by atoms with E-state index in [9.17, 15) is 12.8 Å². The molecule has 2 aliphatic rings. The van der Waals surface area contributed by atoms with Crippen LogP contribution in [0.15, 0.2) is 53.9 Å². The number of fused-ring (bicyclic) bond motifs is 3. The first-order valence-electron chi connectivity index (χ1n) is 9.96. The second-order valence-corrected chi connectivity index (χ2v) is 10.2. The highest BCUT2D eigenvalue weighted by molar-refractivity contribution is 7.92. The van der Waals surface area contributed by atoms with Crippen LogP contribution in [0.4, 0.5) is 8.78 Å². The number of hydrogen-bond acceptors (Lipinski definition) is 4. The fourth-order valence-electron chi connectivity index (χ4n) is 4.76. The van der Waals surface area contributed by atoms with Crippen molar-refractivity contribution in [3.63, 3.8) is 0 Å². The van der Waals surface area contributed by atoms with E-state index in [0.717, 1.165) is 17.7 Å². The van der Waals surface area contributed by atoms with E-state index >= 15 is 4.39 Å². The molecule has 7 heteroatoms. The summed E-state index contributed by atoms with van der Waals surface area (Å²) in [6.45, 7) is 5.82. The van der Waals surface area contributed by atoms with Gasteiger partial charge in [-0.05, 0) is 50.5 Å². The first kappa shape index (κ1) is 21.0. The van der Waals surface area contributed by atoms with Gasteiger partial charge >= 0.3 is 0 Å². The second kappa shape index (κ2) is 7.78. The summed E-state index contributed by atoms with van der Waals surface area (Å²) in [6.07, 6.45) is 2.33. The van der Waals surface area contributed by atoms with Crippen molar-refractivity contribution in [3.05, 3.63) is 71.8 Å². The van der Waals surface area contributed by atoms with E-state index in [1.807, 2.05) is 6.92 Å². The van der Waals surface area contributed by atoms with Crippen LogP contribution >= 0.6 is 0 Å². The molecule has 1 aliphatic heterocycles. The molecule has 0 unspecified atom stereocenters. The number of halogens is 2. The Kier molecular flexibility index (Phi) is 5.45. The highest BCUT2D eigenvalue weighted by Crippen LogP contribution is 2.56. The van der Waals surface area contributed by atoms with E-state index in [1.165, 1.54) is 12.1 Å². The van der Waals surface area contributed by atoms with Crippen molar-refractivity contribution < 1.29 is 26.7 Å². The molecule has 1 fully saturated rings. The van der Waals surface area contributed by atoms with Crippen LogP contribution in [-0.4, -0.2) is 27.7 Å². The van der Waals surface area contributed by atoms with Gasteiger partial charge in [0.2, 0.25) is 0 Å². The van der Waals surface area contributed by atoms with Gasteiger partial charge in [0, 0.05) is 5.92 Å². The third-order valence-electron chi connectivity index (χ3n) is 6.22. The largest absolute Gasteiger partial charge is 0.490 e. The molecular formula is C23H24F2O4S. The van der Waals surface area contributed by atoms with Gasteiger partial charge in [-0.15, -0.1) is 6.58 Å². The van der Waals surface area contributed by atoms with Crippen molar-refractivity contribution >= 4 is 9.84 Å². The third kappa shape index (κ3) is 3.15. The lowest BCUT2D eigenvalue weighted by atomic mass is 9.72. The van der Waals surface area contributed by atoms with E-state index in [1.54, 1.807) is 18.2 Å². The number of benzene rings is 2. The summed E-state index contributed by atoms with van der Waals surface area (Å²) in [5.41, 5.74) is 0.718. The van der Waals surface area contributed by atoms with Crippen LogP contribution in [0.2, 0.25) is 0 Å². The van der Waals surface area contributed by atoms with Crippen LogP contribution in [-0.2, 0) is 19.3 Å². The highest BCUT2D eigenvalue weighted by Gasteiger charge is 2.59. The molecule has 2 aromatic carbocycles. The molecule has 1 saturated carbocycles. The predicted octanol–water partition coefficient (Wildman–Crippen LogP) is 4.71. The minimum atomic E-state index is -4.06. The van der Waals surface area contributed by atoms with Crippen LogP contribution in [0.1, 0.15) is 30.4 Å². The Labute approximate surface area is 175 Å². The first-order valence-corrected chi connectivity index (χ1v) is 11.4. The van der Waals surface area contributed by atoms with E-state index in [-0.39, 0.29) is 35.3 Å². The minimum absolute atomic E-state index is 0.0214. The first-order chi connectivity index (χ1) is 14.3. The zero-order valence-corrected chi connectivity index (χ0v) is 17.6. The van der Waals surface area contributed by atoms with Crippen LogP contribution in [0, 0.1) is 24.5 Å². The summed E-state index contributed by atoms with van der Waals surface area (Å²) >= 11 is 0. The van der Waals surface area contributed by atoms with Gasteiger partial charge in [-0.2, -0.15) is 0 Å². The number of sulfone groups is 1. The molecule has 0 aromatic heterocycles. The number of ether oxygens (including phenoxy) is 2. The van der Waals surface area contributed by atoms with Gasteiger partial charge < -0.3 is 9.47 Å². The van der Waals surface area contributed by atoms with Crippen molar-refractivity contribution in [1.29, 1.82) is 0 Å². The quantitative estimate of drug-likeness (QED) is 0.640. The summed E-state index contributed by atoms with van der Waals surface area (Å²) in [7, 11) is -4.06. The summed E-state index contributed by atoms with van der Waals surface area (Å²) in [4.78, 5) is 0.0973. The van der Waals surface area contributed by atoms with Crippen LogP contribution < -0.4 is 4.74 Å². The Hall–Kier alpha value is -2.25. The lowest BCUT2D eigenvalue weighted by molar-refractivity contribution is -0.00386. The Bertz CT molecular complexity index is 1070. The average Bonchev–Trinajstić information content (AvgIpc) is 2.74. The fourth-order valence-corrected chi connectivity index (χ4v) is 7.12. The molecule has 4 rings (SSSR count). The zero-order chi connectivity index (χ0) is 21.5. The smallest absolute Gasteiger partial charge is 0.188 e. The van der Waals surface area contributed by atoms with Gasteiger partial charge in [-0.3, -0.25) is 0 Å². The Morgan fingerprint density at radius 1 is 1.20 bits per heavy atom. The number of aryl methyl sites for hydroxylation is 1. The topological polar surface area (TPSA) is 52.6 Å². The summed E-state index contributed by atoms with van der Waals surface area (Å²) < 4.78 is 67.4. The van der Waals surface area contributed by atoms with Crippen LogP contribution in [0.25, 0.3) is 0 Å². The summed E-state index contributed by atoms with van der Waals surface area (Å²) in [5, 5.41) is 0. The minimum Gasteiger partial charge on any atom is -0.490 e. The maximum atomic E-state index is 15.1. The molecule has 0 N–H and O–H groups in total. The fraction of sp³-hybridized carbons (Fsp3) is 0.391. The van der Waals surface area contributed by atoms with Gasteiger partial charge in [-0.25, -0.2) is 17.2 Å². The van der Waals surface area contributed by atoms with Crippen molar-refractivity contribution in [3.8, 4) is 5.75 Å². The van der Waals surface area contributed by atoms with Crippen LogP contribution in [0.3, 0.4) is 0 Å². The molecule has 0 radical (unpaired) electrons. The molecule has 30 heavy (non-hydrogen) atoms. The molecular weight excluding hydrogens is 410 g/mol. The standard InChI is InChI=1S/C23H24F2O4S/c1-3-12-28-17-10-11-23(30(26,27)18-6-4-15(2)5-7-18)16(13-17)14-29-22-20(25)9-8-19(24)21(22)23/h3-9,16-17H,1,10-14H2,2H3/t16-,17-,23+/m1/s1. The number of hydrogen-bond donors (Lipinski definition) is 0. The predicted molar refractivity (Wildman–Crippen MR) is 109 cm³/mol. The Morgan fingerprint density at radius 3 is 2.60 bits per heavy atom. The van der Waals surface area contributed by atoms with Crippen molar-refractivity contribution in [2.45, 2.75) is 41.9 Å². The molecule has 4 nitrogen and oxygen atoms in total. The molecule has 0 saturated heterocycles. The normalized spacial score (nSPS) is 25.7. The summed E-state index contributed by atoms with van der Waals surface area (Å²) in [5.74, 6) is -2.39. The molecule has 3 atom stereocenters. The van der Waals surface area contributed by atoms with E-state index < -0.39 is 32.1 Å². The van der Waals surface area contributed by atoms with E-state index in [2.05, 4.69) is 6.58 Å². The van der Waals surface area contributed by atoms with Gasteiger partial charge in [0.15, 0.2) is 21.4 Å². The zero-order valence-electron chi connectivity index (χ0n) is 16.7. The molecule has 160 valence electrons. The van der Waals surface area contributed by atoms with Gasteiger partial charge in [-0.1, -0.05) is 23.8 Å². The van der Waals surface area contributed by atoms with E-state index in [0.29, 0.717) is 19.4 Å². The Balaban J connectivity index is 1.91. The second-order valence-electron chi connectivity index (χ2n) is 7.97. The molecule has 2 aromatic rings. The lowest BCUT2D eigenvalue weighted by Gasteiger charge is -2.48. The van der Waals surface area contributed by atoms with Gasteiger partial charge in [0.05, 0.1) is 29.8 Å². The van der Waals surface area contributed by atoms with Crippen molar-refractivity contribution in [2.75, 3.05) is 13.2 Å². The maximum Gasteiger partial charge on any atom is 0.188 e. The van der Waals surface area contributed by atoms with Gasteiger partial charge in [0.1, 0.15) is 10.6 Å². The SMILES string of the molecule is C=CCO[C@@H]1CC[C@@]2(S(=O)(=O)c3ccc(C)cc3)c3c(F)ccc(F)c3OC[C@H]2C1. The average molecular weight is 435 g/mol. The maximum absolute atomic E-state index is 15.1. The molecule has 0 bridgehead atoms. The molecule has 0 amide bonds.